The Morgan fingerprint density at radius 2 is 2.09 bits per heavy atom. The second kappa shape index (κ2) is 6.56. The number of rotatable bonds is 5. The molecule has 1 atom stereocenters. The van der Waals surface area contributed by atoms with Gasteiger partial charge in [0.2, 0.25) is 5.89 Å². The quantitative estimate of drug-likeness (QED) is 0.840. The van der Waals surface area contributed by atoms with E-state index in [0.29, 0.717) is 6.04 Å². The highest BCUT2D eigenvalue weighted by Crippen LogP contribution is 2.21. The third kappa shape index (κ3) is 3.35. The first-order valence-corrected chi connectivity index (χ1v) is 8.09. The number of hydrogen-bond acceptors (Lipinski definition) is 6. The van der Waals surface area contributed by atoms with Crippen LogP contribution in [0.5, 0.6) is 0 Å². The molecule has 0 N–H and O–H groups in total. The SMILES string of the molecule is CCc1noc(CN2CCCC[C@@H]2Cn2nc(C)nc2C)n1. The van der Waals surface area contributed by atoms with Crippen LogP contribution < -0.4 is 0 Å². The number of nitrogens with zero attached hydrogens (tertiary/aromatic N) is 6. The minimum Gasteiger partial charge on any atom is -0.338 e. The Balaban J connectivity index is 1.69. The molecular formula is C15H24N6O. The molecular weight excluding hydrogens is 280 g/mol. The van der Waals surface area contributed by atoms with Crippen molar-refractivity contribution in [3.63, 3.8) is 0 Å². The predicted octanol–water partition coefficient (Wildman–Crippen LogP) is 1.90. The van der Waals surface area contributed by atoms with E-state index in [1.165, 1.54) is 19.3 Å². The van der Waals surface area contributed by atoms with E-state index < -0.39 is 0 Å². The molecule has 2 aromatic heterocycles. The van der Waals surface area contributed by atoms with Crippen LogP contribution >= 0.6 is 0 Å². The van der Waals surface area contributed by atoms with E-state index in [0.717, 1.165) is 49.4 Å². The van der Waals surface area contributed by atoms with Crippen molar-refractivity contribution < 1.29 is 4.52 Å². The first-order chi connectivity index (χ1) is 10.7. The summed E-state index contributed by atoms with van der Waals surface area (Å²) < 4.78 is 7.36. The van der Waals surface area contributed by atoms with Crippen LogP contribution in [-0.4, -0.2) is 42.4 Å². The van der Waals surface area contributed by atoms with E-state index in [1.54, 1.807) is 0 Å². The summed E-state index contributed by atoms with van der Waals surface area (Å²) in [6, 6.07) is 0.450. The number of hydrogen-bond donors (Lipinski definition) is 0. The van der Waals surface area contributed by atoms with Gasteiger partial charge in [-0.05, 0) is 33.2 Å². The third-order valence-electron chi connectivity index (χ3n) is 4.26. The standard InChI is InChI=1S/C15H24N6O/c1-4-14-17-15(22-19-14)10-20-8-6-5-7-13(20)9-21-12(3)16-11(2)18-21/h13H,4-10H2,1-3H3/t13-/m1/s1. The van der Waals surface area contributed by atoms with Crippen LogP contribution in [0.1, 0.15) is 49.6 Å². The molecule has 1 aliphatic heterocycles. The lowest BCUT2D eigenvalue weighted by molar-refractivity contribution is 0.107. The molecule has 120 valence electrons. The summed E-state index contributed by atoms with van der Waals surface area (Å²) >= 11 is 0. The minimum atomic E-state index is 0.450. The van der Waals surface area contributed by atoms with Crippen molar-refractivity contribution in [3.8, 4) is 0 Å². The van der Waals surface area contributed by atoms with E-state index >= 15 is 0 Å². The molecule has 0 spiro atoms. The highest BCUT2D eigenvalue weighted by atomic mass is 16.5. The van der Waals surface area contributed by atoms with Crippen molar-refractivity contribution in [1.82, 2.24) is 29.8 Å². The lowest BCUT2D eigenvalue weighted by Gasteiger charge is -2.34. The highest BCUT2D eigenvalue weighted by molar-refractivity contribution is 4.91. The van der Waals surface area contributed by atoms with Crippen LogP contribution in [0.3, 0.4) is 0 Å². The number of likely N-dealkylation sites (tertiary alicyclic amines) is 1. The fraction of sp³-hybridized carbons (Fsp3) is 0.733. The van der Waals surface area contributed by atoms with E-state index in [2.05, 4.69) is 25.1 Å². The van der Waals surface area contributed by atoms with Crippen molar-refractivity contribution in [2.75, 3.05) is 6.54 Å². The number of aryl methyl sites for hydroxylation is 3. The Hall–Kier alpha value is -1.76. The largest absolute Gasteiger partial charge is 0.338 e. The molecule has 7 heteroatoms. The van der Waals surface area contributed by atoms with Crippen molar-refractivity contribution in [2.24, 2.45) is 0 Å². The molecule has 0 unspecified atom stereocenters. The fourth-order valence-corrected chi connectivity index (χ4v) is 3.08. The Bertz CT molecular complexity index is 619. The van der Waals surface area contributed by atoms with Crippen molar-refractivity contribution in [1.29, 1.82) is 0 Å². The van der Waals surface area contributed by atoms with Crippen LogP contribution in [0.15, 0.2) is 4.52 Å². The van der Waals surface area contributed by atoms with Gasteiger partial charge in [-0.3, -0.25) is 4.90 Å². The smallest absolute Gasteiger partial charge is 0.240 e. The minimum absolute atomic E-state index is 0.450. The molecule has 0 saturated carbocycles. The first kappa shape index (κ1) is 15.1. The van der Waals surface area contributed by atoms with E-state index in [4.69, 9.17) is 4.52 Å². The normalized spacial score (nSPS) is 19.7. The Morgan fingerprint density at radius 1 is 1.23 bits per heavy atom. The summed E-state index contributed by atoms with van der Waals surface area (Å²) in [4.78, 5) is 11.3. The van der Waals surface area contributed by atoms with Gasteiger partial charge in [0, 0.05) is 12.5 Å². The van der Waals surface area contributed by atoms with E-state index in [-0.39, 0.29) is 0 Å². The van der Waals surface area contributed by atoms with Gasteiger partial charge in [-0.2, -0.15) is 10.1 Å². The first-order valence-electron chi connectivity index (χ1n) is 8.09. The van der Waals surface area contributed by atoms with Gasteiger partial charge in [-0.25, -0.2) is 9.67 Å². The molecule has 1 fully saturated rings. The van der Waals surface area contributed by atoms with Crippen LogP contribution in [0.4, 0.5) is 0 Å². The van der Waals surface area contributed by atoms with E-state index in [9.17, 15) is 0 Å². The molecule has 0 aromatic carbocycles. The summed E-state index contributed by atoms with van der Waals surface area (Å²) in [5, 5.41) is 8.48. The molecule has 3 heterocycles. The predicted molar refractivity (Wildman–Crippen MR) is 81.2 cm³/mol. The summed E-state index contributed by atoms with van der Waals surface area (Å²) in [6.07, 6.45) is 4.47. The van der Waals surface area contributed by atoms with Crippen LogP contribution in [-0.2, 0) is 19.5 Å². The molecule has 0 amide bonds. The van der Waals surface area contributed by atoms with Gasteiger partial charge in [0.15, 0.2) is 5.82 Å². The maximum atomic E-state index is 5.35. The molecule has 0 bridgehead atoms. The average molecular weight is 304 g/mol. The summed E-state index contributed by atoms with van der Waals surface area (Å²) in [7, 11) is 0. The van der Waals surface area contributed by atoms with Crippen molar-refractivity contribution >= 4 is 0 Å². The van der Waals surface area contributed by atoms with E-state index in [1.807, 2.05) is 25.5 Å². The summed E-state index contributed by atoms with van der Waals surface area (Å²) in [6.45, 7) is 8.66. The molecule has 1 saturated heterocycles. The molecule has 1 aliphatic rings. The number of piperidine rings is 1. The zero-order chi connectivity index (χ0) is 15.5. The lowest BCUT2D eigenvalue weighted by atomic mass is 10.0. The maximum absolute atomic E-state index is 5.35. The second-order valence-corrected chi connectivity index (χ2v) is 5.97. The van der Waals surface area contributed by atoms with Crippen LogP contribution in [0.2, 0.25) is 0 Å². The number of aromatic nitrogens is 5. The zero-order valence-electron chi connectivity index (χ0n) is 13.6. The molecule has 0 radical (unpaired) electrons. The monoisotopic (exact) mass is 304 g/mol. The van der Waals surface area contributed by atoms with Crippen LogP contribution in [0.25, 0.3) is 0 Å². The van der Waals surface area contributed by atoms with Crippen molar-refractivity contribution in [3.05, 3.63) is 23.4 Å². The second-order valence-electron chi connectivity index (χ2n) is 5.97. The van der Waals surface area contributed by atoms with Gasteiger partial charge in [0.25, 0.3) is 0 Å². The van der Waals surface area contributed by atoms with Gasteiger partial charge in [0.1, 0.15) is 11.6 Å². The topological polar surface area (TPSA) is 72.9 Å². The van der Waals surface area contributed by atoms with Gasteiger partial charge in [-0.1, -0.05) is 18.5 Å². The molecule has 7 nitrogen and oxygen atoms in total. The van der Waals surface area contributed by atoms with Gasteiger partial charge < -0.3 is 4.52 Å². The molecule has 3 rings (SSSR count). The van der Waals surface area contributed by atoms with Gasteiger partial charge in [-0.15, -0.1) is 0 Å². The average Bonchev–Trinajstić information content (AvgIpc) is 3.08. The maximum Gasteiger partial charge on any atom is 0.240 e. The Morgan fingerprint density at radius 3 is 2.77 bits per heavy atom. The zero-order valence-corrected chi connectivity index (χ0v) is 13.6. The fourth-order valence-electron chi connectivity index (χ4n) is 3.08. The molecule has 2 aromatic rings. The third-order valence-corrected chi connectivity index (χ3v) is 4.26. The highest BCUT2D eigenvalue weighted by Gasteiger charge is 2.25. The molecule has 22 heavy (non-hydrogen) atoms. The lowest BCUT2D eigenvalue weighted by Crippen LogP contribution is -2.42. The molecule has 0 aliphatic carbocycles. The van der Waals surface area contributed by atoms with Crippen molar-refractivity contribution in [2.45, 2.75) is 65.6 Å². The summed E-state index contributed by atoms with van der Waals surface area (Å²) in [5.74, 6) is 3.32. The van der Waals surface area contributed by atoms with Gasteiger partial charge in [0.05, 0.1) is 13.1 Å². The van der Waals surface area contributed by atoms with Crippen LogP contribution in [0, 0.1) is 13.8 Å². The summed E-state index contributed by atoms with van der Waals surface area (Å²) in [5.41, 5.74) is 0. The van der Waals surface area contributed by atoms with Gasteiger partial charge >= 0.3 is 0 Å². The Labute approximate surface area is 130 Å². The Kier molecular flexibility index (Phi) is 4.52.